The number of urea groups is 1. The van der Waals surface area contributed by atoms with Gasteiger partial charge in [0.25, 0.3) is 0 Å². The molecule has 1 aromatic rings. The highest BCUT2D eigenvalue weighted by Crippen LogP contribution is 2.25. The molecule has 0 aliphatic heterocycles. The van der Waals surface area contributed by atoms with Gasteiger partial charge in [0.05, 0.1) is 15.6 Å². The van der Waals surface area contributed by atoms with Crippen molar-refractivity contribution in [2.45, 2.75) is 11.8 Å². The lowest BCUT2D eigenvalue weighted by molar-refractivity contribution is 0.249. The van der Waals surface area contributed by atoms with E-state index >= 15 is 0 Å². The van der Waals surface area contributed by atoms with Crippen LogP contribution >= 0.6 is 11.6 Å². The van der Waals surface area contributed by atoms with Crippen molar-refractivity contribution < 1.29 is 13.2 Å². The largest absolute Gasteiger partial charge is 0.397 e. The molecule has 6 N–H and O–H groups in total. The summed E-state index contributed by atoms with van der Waals surface area (Å²) in [7, 11) is -3.71. The highest BCUT2D eigenvalue weighted by atomic mass is 35.5. The fraction of sp³-hybridized carbons (Fsp3) is 0.300. The van der Waals surface area contributed by atoms with Crippen molar-refractivity contribution in [1.29, 1.82) is 0 Å². The zero-order valence-corrected chi connectivity index (χ0v) is 11.8. The van der Waals surface area contributed by atoms with Crippen LogP contribution in [0.3, 0.4) is 0 Å². The van der Waals surface area contributed by atoms with Gasteiger partial charge in [0.1, 0.15) is 0 Å². The number of carbonyl (C=O) groups excluding carboxylic acids is 1. The molecule has 106 valence electrons. The molecule has 0 saturated carbocycles. The monoisotopic (exact) mass is 306 g/mol. The third-order valence-electron chi connectivity index (χ3n) is 2.30. The van der Waals surface area contributed by atoms with Gasteiger partial charge in [0.15, 0.2) is 0 Å². The van der Waals surface area contributed by atoms with E-state index in [1.54, 1.807) is 6.92 Å². The van der Waals surface area contributed by atoms with Gasteiger partial charge in [-0.05, 0) is 24.6 Å². The Morgan fingerprint density at radius 2 is 2.00 bits per heavy atom. The van der Waals surface area contributed by atoms with Gasteiger partial charge < -0.3 is 16.8 Å². The van der Waals surface area contributed by atoms with Crippen molar-refractivity contribution in [2.75, 3.05) is 18.8 Å². The molecule has 0 saturated heterocycles. The molecule has 7 nitrogen and oxygen atoms in total. The molecule has 1 aromatic carbocycles. The molecule has 0 fully saturated rings. The number of hydrogen-bond donors (Lipinski definition) is 4. The Labute approximate surface area is 116 Å². The minimum absolute atomic E-state index is 0.0211. The summed E-state index contributed by atoms with van der Waals surface area (Å²) in [5.41, 5.74) is 11.1. The number of nitrogens with two attached hydrogens (primary N) is 2. The number of primary amides is 1. The molecule has 0 bridgehead atoms. The summed E-state index contributed by atoms with van der Waals surface area (Å²) in [4.78, 5) is 10.5. The van der Waals surface area contributed by atoms with E-state index in [0.717, 1.165) is 0 Å². The second-order valence-corrected chi connectivity index (χ2v) is 5.97. The first-order valence-electron chi connectivity index (χ1n) is 5.32. The number of benzene rings is 1. The number of nitrogen functional groups attached to an aromatic ring is 1. The molecule has 1 rings (SSSR count). The molecule has 19 heavy (non-hydrogen) atoms. The van der Waals surface area contributed by atoms with E-state index in [1.807, 2.05) is 0 Å². The fourth-order valence-corrected chi connectivity index (χ4v) is 2.92. The summed E-state index contributed by atoms with van der Waals surface area (Å²) in [6.45, 7) is 1.73. The molecule has 0 unspecified atom stereocenters. The second-order valence-electron chi connectivity index (χ2n) is 3.83. The molecule has 0 aliphatic carbocycles. The predicted octanol–water partition coefficient (Wildman–Crippen LogP) is 0.177. The van der Waals surface area contributed by atoms with Gasteiger partial charge in [-0.15, -0.1) is 0 Å². The zero-order chi connectivity index (χ0) is 14.6. The number of nitrogens with one attached hydrogen (secondary N) is 2. The minimum Gasteiger partial charge on any atom is -0.397 e. The number of halogens is 1. The van der Waals surface area contributed by atoms with Crippen LogP contribution in [0.15, 0.2) is 17.0 Å². The second kappa shape index (κ2) is 6.09. The molecule has 0 heterocycles. The first-order chi connectivity index (χ1) is 8.74. The van der Waals surface area contributed by atoms with Gasteiger partial charge in [-0.1, -0.05) is 11.6 Å². The van der Waals surface area contributed by atoms with Crippen molar-refractivity contribution in [3.05, 3.63) is 22.7 Å². The molecular formula is C10H15ClN4O3S. The summed E-state index contributed by atoms with van der Waals surface area (Å²) < 4.78 is 26.3. The summed E-state index contributed by atoms with van der Waals surface area (Å²) in [5.74, 6) is 0. The maximum Gasteiger partial charge on any atom is 0.312 e. The third-order valence-corrected chi connectivity index (χ3v) is 4.23. The molecule has 0 aliphatic rings. The Hall–Kier alpha value is -1.51. The van der Waals surface area contributed by atoms with Crippen LogP contribution in [-0.2, 0) is 10.0 Å². The maximum absolute atomic E-state index is 12.0. The summed E-state index contributed by atoms with van der Waals surface area (Å²) >= 11 is 5.80. The number of carbonyl (C=O) groups is 1. The van der Waals surface area contributed by atoms with Gasteiger partial charge >= 0.3 is 6.03 Å². The number of amides is 2. The normalized spacial score (nSPS) is 11.3. The van der Waals surface area contributed by atoms with Gasteiger partial charge in [0, 0.05) is 13.1 Å². The third kappa shape index (κ3) is 4.27. The molecule has 0 radical (unpaired) electrons. The van der Waals surface area contributed by atoms with Gasteiger partial charge in [-0.3, -0.25) is 0 Å². The van der Waals surface area contributed by atoms with E-state index in [-0.39, 0.29) is 23.7 Å². The highest BCUT2D eigenvalue weighted by molar-refractivity contribution is 7.89. The molecule has 9 heteroatoms. The van der Waals surface area contributed by atoms with Crippen LogP contribution in [-0.4, -0.2) is 27.5 Å². The van der Waals surface area contributed by atoms with Crippen LogP contribution in [0.5, 0.6) is 0 Å². The van der Waals surface area contributed by atoms with E-state index in [2.05, 4.69) is 10.0 Å². The molecule has 0 spiro atoms. The van der Waals surface area contributed by atoms with E-state index in [4.69, 9.17) is 23.1 Å². The number of rotatable bonds is 5. The van der Waals surface area contributed by atoms with E-state index in [9.17, 15) is 13.2 Å². The summed E-state index contributed by atoms with van der Waals surface area (Å²) in [6.07, 6.45) is 0. The van der Waals surface area contributed by atoms with Gasteiger partial charge in [-0.2, -0.15) is 0 Å². The van der Waals surface area contributed by atoms with Crippen LogP contribution in [0, 0.1) is 6.92 Å². The Balaban J connectivity index is 2.83. The highest BCUT2D eigenvalue weighted by Gasteiger charge is 2.17. The average molecular weight is 307 g/mol. The van der Waals surface area contributed by atoms with Crippen molar-refractivity contribution >= 4 is 33.3 Å². The van der Waals surface area contributed by atoms with E-state index in [1.165, 1.54) is 12.1 Å². The van der Waals surface area contributed by atoms with Crippen LogP contribution in [0.4, 0.5) is 10.5 Å². The Bertz CT molecular complexity index is 589. The van der Waals surface area contributed by atoms with Crippen LogP contribution in [0.25, 0.3) is 0 Å². The Kier molecular flexibility index (Phi) is 4.98. The average Bonchev–Trinajstić information content (AvgIpc) is 2.29. The first-order valence-corrected chi connectivity index (χ1v) is 7.18. The minimum atomic E-state index is -3.71. The van der Waals surface area contributed by atoms with Crippen molar-refractivity contribution in [1.82, 2.24) is 10.0 Å². The zero-order valence-electron chi connectivity index (χ0n) is 10.2. The van der Waals surface area contributed by atoms with Crippen molar-refractivity contribution in [2.24, 2.45) is 5.73 Å². The number of aryl methyl sites for hydroxylation is 1. The standard InChI is InChI=1S/C10H15ClN4O3S/c1-6-4-7(11)8(12)5-9(6)19(17,18)15-3-2-14-10(13)16/h4-5,15H,2-3,12H2,1H3,(H3,13,14,16). The number of hydrogen-bond acceptors (Lipinski definition) is 4. The molecular weight excluding hydrogens is 292 g/mol. The maximum atomic E-state index is 12.0. The number of anilines is 1. The van der Waals surface area contributed by atoms with Crippen LogP contribution < -0.4 is 21.5 Å². The SMILES string of the molecule is Cc1cc(Cl)c(N)cc1S(=O)(=O)NCCNC(N)=O. The van der Waals surface area contributed by atoms with Crippen molar-refractivity contribution in [3.63, 3.8) is 0 Å². The fourth-order valence-electron chi connectivity index (χ4n) is 1.41. The molecule has 2 amide bonds. The Morgan fingerprint density at radius 1 is 1.37 bits per heavy atom. The molecule has 0 aromatic heterocycles. The van der Waals surface area contributed by atoms with Crippen LogP contribution in [0.2, 0.25) is 5.02 Å². The molecule has 0 atom stereocenters. The Morgan fingerprint density at radius 3 is 2.58 bits per heavy atom. The van der Waals surface area contributed by atoms with E-state index < -0.39 is 16.1 Å². The quantitative estimate of drug-likeness (QED) is 0.457. The smallest absolute Gasteiger partial charge is 0.312 e. The van der Waals surface area contributed by atoms with Crippen LogP contribution in [0.1, 0.15) is 5.56 Å². The summed E-state index contributed by atoms with van der Waals surface area (Å²) in [6, 6.07) is 2.06. The lowest BCUT2D eigenvalue weighted by Gasteiger charge is -2.11. The lowest BCUT2D eigenvalue weighted by Crippen LogP contribution is -2.37. The van der Waals surface area contributed by atoms with Gasteiger partial charge in [-0.25, -0.2) is 17.9 Å². The van der Waals surface area contributed by atoms with E-state index in [0.29, 0.717) is 10.6 Å². The lowest BCUT2D eigenvalue weighted by atomic mass is 10.2. The summed E-state index contributed by atoms with van der Waals surface area (Å²) in [5, 5.41) is 2.57. The topological polar surface area (TPSA) is 127 Å². The number of sulfonamides is 1. The first kappa shape index (κ1) is 15.5. The van der Waals surface area contributed by atoms with Gasteiger partial charge in [0.2, 0.25) is 10.0 Å². The van der Waals surface area contributed by atoms with Crippen molar-refractivity contribution in [3.8, 4) is 0 Å². The predicted molar refractivity (Wildman–Crippen MR) is 73.4 cm³/mol.